The molecular weight excluding hydrogens is 306 g/mol. The molecule has 1 N–H and O–H groups in total. The second kappa shape index (κ2) is 5.63. The summed E-state index contributed by atoms with van der Waals surface area (Å²) in [6, 6.07) is 11.5. The Bertz CT molecular complexity index is 814. The van der Waals surface area contributed by atoms with Crippen molar-refractivity contribution in [1.29, 1.82) is 0 Å². The van der Waals surface area contributed by atoms with Gasteiger partial charge in [-0.25, -0.2) is 18.4 Å². The normalized spacial score (nSPS) is 11.2. The molecule has 7 heteroatoms. The maximum atomic E-state index is 12.4. The van der Waals surface area contributed by atoms with Crippen LogP contribution in [-0.4, -0.2) is 18.4 Å². The molecular formula is C14H11N3O2S2. The molecule has 1 aromatic carbocycles. The molecule has 0 saturated carbocycles. The van der Waals surface area contributed by atoms with Crippen LogP contribution in [0, 0.1) is 0 Å². The van der Waals surface area contributed by atoms with Crippen molar-refractivity contribution in [2.75, 3.05) is 5.32 Å². The number of anilines is 2. The second-order valence-corrected chi connectivity index (χ2v) is 7.00. The number of rotatable bonds is 4. The van der Waals surface area contributed by atoms with E-state index in [9.17, 15) is 8.42 Å². The van der Waals surface area contributed by atoms with Crippen LogP contribution in [0.4, 0.5) is 10.9 Å². The number of sulfone groups is 1. The third-order valence-corrected chi connectivity index (χ3v) is 5.21. The summed E-state index contributed by atoms with van der Waals surface area (Å²) in [6.07, 6.45) is 3.03. The van der Waals surface area contributed by atoms with Gasteiger partial charge in [0.05, 0.1) is 9.79 Å². The summed E-state index contributed by atoms with van der Waals surface area (Å²) in [5.41, 5.74) is 0. The van der Waals surface area contributed by atoms with Crippen molar-refractivity contribution in [3.8, 4) is 0 Å². The number of pyridine rings is 1. The zero-order chi connectivity index (χ0) is 14.7. The van der Waals surface area contributed by atoms with E-state index in [0.717, 1.165) is 0 Å². The van der Waals surface area contributed by atoms with Crippen molar-refractivity contribution in [1.82, 2.24) is 9.97 Å². The number of nitrogens with one attached hydrogen (secondary N) is 1. The van der Waals surface area contributed by atoms with E-state index in [1.54, 1.807) is 42.6 Å². The molecule has 0 bridgehead atoms. The zero-order valence-corrected chi connectivity index (χ0v) is 12.4. The maximum absolute atomic E-state index is 12.4. The largest absolute Gasteiger partial charge is 0.316 e. The Morgan fingerprint density at radius 1 is 0.952 bits per heavy atom. The number of nitrogens with zero attached hydrogens (tertiary/aromatic N) is 2. The molecule has 3 rings (SSSR count). The summed E-state index contributed by atoms with van der Waals surface area (Å²) < 4.78 is 24.8. The molecule has 2 aromatic heterocycles. The zero-order valence-electron chi connectivity index (χ0n) is 10.8. The standard InChI is InChI=1S/C14H11N3O2S2/c18-21(19,11-4-2-1-3-5-11)12-6-7-13(16-10-12)17-14-15-8-9-20-14/h1-10H,(H,15,16,17). The molecule has 0 atom stereocenters. The fourth-order valence-electron chi connectivity index (χ4n) is 1.74. The van der Waals surface area contributed by atoms with Gasteiger partial charge >= 0.3 is 0 Å². The molecule has 0 aliphatic heterocycles. The van der Waals surface area contributed by atoms with Gasteiger partial charge in [0.2, 0.25) is 9.84 Å². The quantitative estimate of drug-likeness (QED) is 0.800. The molecule has 0 amide bonds. The van der Waals surface area contributed by atoms with Gasteiger partial charge in [0.25, 0.3) is 0 Å². The molecule has 0 aliphatic carbocycles. The summed E-state index contributed by atoms with van der Waals surface area (Å²) >= 11 is 1.44. The van der Waals surface area contributed by atoms with Gasteiger partial charge in [-0.1, -0.05) is 18.2 Å². The molecule has 0 spiro atoms. The fraction of sp³-hybridized carbons (Fsp3) is 0. The first kappa shape index (κ1) is 13.7. The number of benzene rings is 1. The lowest BCUT2D eigenvalue weighted by molar-refractivity contribution is 0.595. The summed E-state index contributed by atoms with van der Waals surface area (Å²) in [5.74, 6) is 0.553. The molecule has 0 aliphatic rings. The summed E-state index contributed by atoms with van der Waals surface area (Å²) in [7, 11) is -3.52. The Hall–Kier alpha value is -2.25. The highest BCUT2D eigenvalue weighted by molar-refractivity contribution is 7.91. The topological polar surface area (TPSA) is 72.0 Å². The van der Waals surface area contributed by atoms with Crippen molar-refractivity contribution in [3.05, 3.63) is 60.2 Å². The minimum atomic E-state index is -3.52. The molecule has 3 aromatic rings. The molecule has 2 heterocycles. The van der Waals surface area contributed by atoms with Crippen LogP contribution in [0.25, 0.3) is 0 Å². The van der Waals surface area contributed by atoms with Gasteiger partial charge < -0.3 is 5.32 Å². The van der Waals surface area contributed by atoms with Gasteiger partial charge in [-0.15, -0.1) is 11.3 Å². The average molecular weight is 317 g/mol. The van der Waals surface area contributed by atoms with Gasteiger partial charge in [-0.3, -0.25) is 0 Å². The maximum Gasteiger partial charge on any atom is 0.208 e. The first-order chi connectivity index (χ1) is 10.2. The number of thiazole rings is 1. The monoisotopic (exact) mass is 317 g/mol. The summed E-state index contributed by atoms with van der Waals surface area (Å²) in [5, 5.41) is 5.56. The van der Waals surface area contributed by atoms with Crippen molar-refractivity contribution < 1.29 is 8.42 Å². The lowest BCUT2D eigenvalue weighted by atomic mass is 10.4. The van der Waals surface area contributed by atoms with Gasteiger partial charge in [0.1, 0.15) is 5.82 Å². The van der Waals surface area contributed by atoms with E-state index in [1.807, 2.05) is 5.38 Å². The van der Waals surface area contributed by atoms with Crippen molar-refractivity contribution in [3.63, 3.8) is 0 Å². The summed E-state index contributed by atoms with van der Waals surface area (Å²) in [4.78, 5) is 8.62. The lowest BCUT2D eigenvalue weighted by Gasteiger charge is -2.05. The average Bonchev–Trinajstić information content (AvgIpc) is 3.02. The van der Waals surface area contributed by atoms with Gasteiger partial charge in [0, 0.05) is 17.8 Å². The summed E-state index contributed by atoms with van der Waals surface area (Å²) in [6.45, 7) is 0. The van der Waals surface area contributed by atoms with E-state index in [-0.39, 0.29) is 9.79 Å². The highest BCUT2D eigenvalue weighted by Crippen LogP contribution is 2.22. The van der Waals surface area contributed by atoms with Crippen LogP contribution in [0.2, 0.25) is 0 Å². The molecule has 0 radical (unpaired) electrons. The van der Waals surface area contributed by atoms with E-state index in [2.05, 4.69) is 15.3 Å². The van der Waals surface area contributed by atoms with Crippen LogP contribution in [0.15, 0.2) is 70.0 Å². The Labute approximate surface area is 126 Å². The Balaban J connectivity index is 1.87. The van der Waals surface area contributed by atoms with Gasteiger partial charge in [-0.05, 0) is 24.3 Å². The van der Waals surface area contributed by atoms with Crippen LogP contribution in [-0.2, 0) is 9.84 Å². The van der Waals surface area contributed by atoms with Gasteiger partial charge in [-0.2, -0.15) is 0 Å². The smallest absolute Gasteiger partial charge is 0.208 e. The van der Waals surface area contributed by atoms with E-state index < -0.39 is 9.84 Å². The third-order valence-electron chi connectivity index (χ3n) is 2.77. The third kappa shape index (κ3) is 2.93. The minimum absolute atomic E-state index is 0.165. The number of aromatic nitrogens is 2. The Morgan fingerprint density at radius 2 is 1.76 bits per heavy atom. The highest BCUT2D eigenvalue weighted by Gasteiger charge is 2.17. The Morgan fingerprint density at radius 3 is 2.38 bits per heavy atom. The van der Waals surface area contributed by atoms with E-state index >= 15 is 0 Å². The predicted molar refractivity (Wildman–Crippen MR) is 81.5 cm³/mol. The molecule has 0 unspecified atom stereocenters. The molecule has 0 saturated heterocycles. The second-order valence-electron chi connectivity index (χ2n) is 4.16. The van der Waals surface area contributed by atoms with Crippen molar-refractivity contribution in [2.24, 2.45) is 0 Å². The SMILES string of the molecule is O=S(=O)(c1ccccc1)c1ccc(Nc2nccs2)nc1. The van der Waals surface area contributed by atoms with Crippen molar-refractivity contribution in [2.45, 2.75) is 9.79 Å². The van der Waals surface area contributed by atoms with Gasteiger partial charge in [0.15, 0.2) is 5.13 Å². The minimum Gasteiger partial charge on any atom is -0.316 e. The van der Waals surface area contributed by atoms with Crippen LogP contribution in [0.3, 0.4) is 0 Å². The molecule has 0 fully saturated rings. The highest BCUT2D eigenvalue weighted by atomic mass is 32.2. The van der Waals surface area contributed by atoms with Crippen LogP contribution in [0.5, 0.6) is 0 Å². The lowest BCUT2D eigenvalue weighted by Crippen LogP contribution is -2.03. The fourth-order valence-corrected chi connectivity index (χ4v) is 3.51. The van der Waals surface area contributed by atoms with Crippen LogP contribution in [0.1, 0.15) is 0 Å². The van der Waals surface area contributed by atoms with Crippen LogP contribution < -0.4 is 5.32 Å². The first-order valence-electron chi connectivity index (χ1n) is 6.09. The Kier molecular flexibility index (Phi) is 3.68. The van der Waals surface area contributed by atoms with E-state index in [4.69, 9.17) is 0 Å². The van der Waals surface area contributed by atoms with Crippen LogP contribution >= 0.6 is 11.3 Å². The van der Waals surface area contributed by atoms with Crippen molar-refractivity contribution >= 4 is 32.1 Å². The van der Waals surface area contributed by atoms with E-state index in [1.165, 1.54) is 23.6 Å². The molecule has 5 nitrogen and oxygen atoms in total. The predicted octanol–water partition coefficient (Wildman–Crippen LogP) is 3.11. The first-order valence-corrected chi connectivity index (χ1v) is 8.45. The number of hydrogen-bond acceptors (Lipinski definition) is 6. The molecule has 106 valence electrons. The van der Waals surface area contributed by atoms with E-state index in [0.29, 0.717) is 10.9 Å². The molecule has 21 heavy (non-hydrogen) atoms. The number of hydrogen-bond donors (Lipinski definition) is 1.